The average molecular weight is 422 g/mol. The van der Waals surface area contributed by atoms with Gasteiger partial charge in [-0.15, -0.1) is 0 Å². The molecule has 1 fully saturated rings. The molecule has 0 spiro atoms. The predicted molar refractivity (Wildman–Crippen MR) is 118 cm³/mol. The molecule has 1 unspecified atom stereocenters. The first-order chi connectivity index (χ1) is 15.3. The topological polar surface area (TPSA) is 46.6 Å². The highest BCUT2D eigenvalue weighted by atomic mass is 19.1. The fraction of sp³-hybridized carbons (Fsp3) is 0.320. The third-order valence-electron chi connectivity index (χ3n) is 5.42. The second-order valence-electron chi connectivity index (χ2n) is 7.60. The smallest absolute Gasteiger partial charge is 0.130 e. The number of ether oxygens (including phenoxy) is 2. The van der Waals surface area contributed by atoms with E-state index in [9.17, 15) is 4.39 Å². The molecule has 3 aromatic rings. The van der Waals surface area contributed by atoms with Crippen LogP contribution in [0.15, 0.2) is 72.9 Å². The van der Waals surface area contributed by atoms with Gasteiger partial charge in [0.15, 0.2) is 0 Å². The van der Waals surface area contributed by atoms with Crippen molar-refractivity contribution in [1.29, 1.82) is 0 Å². The Kier molecular flexibility index (Phi) is 7.60. The SMILES string of the molecule is Fc1ccc(C(CNCc2cccc(OCc3ccccn3)c2)N2CCOCC2)cc1. The normalized spacial score (nSPS) is 15.5. The van der Waals surface area contributed by atoms with Crippen molar-refractivity contribution in [2.24, 2.45) is 0 Å². The van der Waals surface area contributed by atoms with Crippen LogP contribution in [0.3, 0.4) is 0 Å². The molecule has 1 N–H and O–H groups in total. The molecule has 0 bridgehead atoms. The Bertz CT molecular complexity index is 931. The molecule has 5 nitrogen and oxygen atoms in total. The highest BCUT2D eigenvalue weighted by molar-refractivity contribution is 5.29. The van der Waals surface area contributed by atoms with Crippen molar-refractivity contribution in [2.75, 3.05) is 32.8 Å². The number of nitrogens with zero attached hydrogens (tertiary/aromatic N) is 2. The minimum atomic E-state index is -0.208. The van der Waals surface area contributed by atoms with Gasteiger partial charge in [0.2, 0.25) is 0 Å². The summed E-state index contributed by atoms with van der Waals surface area (Å²) in [7, 11) is 0. The monoisotopic (exact) mass is 421 g/mol. The summed E-state index contributed by atoms with van der Waals surface area (Å²) < 4.78 is 24.8. The molecule has 1 saturated heterocycles. The fourth-order valence-corrected chi connectivity index (χ4v) is 3.77. The van der Waals surface area contributed by atoms with Crippen LogP contribution in [0, 0.1) is 5.82 Å². The predicted octanol–water partition coefficient (Wildman–Crippen LogP) is 3.96. The van der Waals surface area contributed by atoms with Crippen molar-refractivity contribution in [1.82, 2.24) is 15.2 Å². The number of pyridine rings is 1. The highest BCUT2D eigenvalue weighted by Crippen LogP contribution is 2.22. The molecule has 6 heteroatoms. The number of hydrogen-bond donors (Lipinski definition) is 1. The third kappa shape index (κ3) is 6.34. The lowest BCUT2D eigenvalue weighted by atomic mass is 10.0. The van der Waals surface area contributed by atoms with Gasteiger partial charge >= 0.3 is 0 Å². The summed E-state index contributed by atoms with van der Waals surface area (Å²) in [6.45, 7) is 5.15. The Labute approximate surface area is 182 Å². The molecule has 0 amide bonds. The van der Waals surface area contributed by atoms with Gasteiger partial charge in [-0.1, -0.05) is 30.3 Å². The quantitative estimate of drug-likeness (QED) is 0.567. The number of nitrogens with one attached hydrogen (secondary N) is 1. The van der Waals surface area contributed by atoms with Crippen LogP contribution in [0.5, 0.6) is 5.75 Å². The van der Waals surface area contributed by atoms with E-state index in [1.807, 2.05) is 42.5 Å². The van der Waals surface area contributed by atoms with E-state index in [0.29, 0.717) is 6.61 Å². The lowest BCUT2D eigenvalue weighted by Crippen LogP contribution is -2.42. The van der Waals surface area contributed by atoms with Crippen molar-refractivity contribution < 1.29 is 13.9 Å². The molecule has 31 heavy (non-hydrogen) atoms. The Morgan fingerprint density at radius 3 is 2.65 bits per heavy atom. The largest absolute Gasteiger partial charge is 0.487 e. The van der Waals surface area contributed by atoms with E-state index in [2.05, 4.69) is 27.3 Å². The first-order valence-electron chi connectivity index (χ1n) is 10.7. The zero-order chi connectivity index (χ0) is 21.3. The molecule has 2 aromatic carbocycles. The van der Waals surface area contributed by atoms with Crippen molar-refractivity contribution >= 4 is 0 Å². The van der Waals surface area contributed by atoms with Crippen LogP contribution in [0.4, 0.5) is 4.39 Å². The summed E-state index contributed by atoms with van der Waals surface area (Å²) in [5.74, 6) is 0.619. The molecule has 0 saturated carbocycles. The molecule has 1 atom stereocenters. The van der Waals surface area contributed by atoms with E-state index < -0.39 is 0 Å². The summed E-state index contributed by atoms with van der Waals surface area (Å²) in [6.07, 6.45) is 1.77. The number of aromatic nitrogens is 1. The Morgan fingerprint density at radius 1 is 1.03 bits per heavy atom. The van der Waals surface area contributed by atoms with Gasteiger partial charge in [-0.05, 0) is 47.5 Å². The molecule has 0 aliphatic carbocycles. The second-order valence-corrected chi connectivity index (χ2v) is 7.60. The summed E-state index contributed by atoms with van der Waals surface area (Å²) in [4.78, 5) is 6.69. The second kappa shape index (κ2) is 11.0. The molecule has 1 aliphatic heterocycles. The van der Waals surface area contributed by atoms with E-state index in [1.165, 1.54) is 12.1 Å². The van der Waals surface area contributed by atoms with Crippen molar-refractivity contribution in [3.63, 3.8) is 0 Å². The van der Waals surface area contributed by atoms with Crippen LogP contribution in [-0.2, 0) is 17.9 Å². The molecule has 2 heterocycles. The van der Waals surface area contributed by atoms with E-state index in [4.69, 9.17) is 9.47 Å². The molecule has 162 valence electrons. The minimum Gasteiger partial charge on any atom is -0.487 e. The summed E-state index contributed by atoms with van der Waals surface area (Å²) in [6, 6.07) is 20.9. The van der Waals surface area contributed by atoms with Crippen molar-refractivity contribution in [2.45, 2.75) is 19.2 Å². The lowest BCUT2D eigenvalue weighted by Gasteiger charge is -2.35. The van der Waals surface area contributed by atoms with Gasteiger partial charge < -0.3 is 14.8 Å². The van der Waals surface area contributed by atoms with Gasteiger partial charge in [-0.2, -0.15) is 0 Å². The van der Waals surface area contributed by atoms with Crippen LogP contribution in [0.2, 0.25) is 0 Å². The van der Waals surface area contributed by atoms with Gasteiger partial charge in [0.25, 0.3) is 0 Å². The van der Waals surface area contributed by atoms with Crippen LogP contribution in [-0.4, -0.2) is 42.7 Å². The number of halogens is 1. The first kappa shape index (κ1) is 21.4. The van der Waals surface area contributed by atoms with Gasteiger partial charge in [0.05, 0.1) is 18.9 Å². The molecule has 4 rings (SSSR count). The summed E-state index contributed by atoms with van der Waals surface area (Å²) >= 11 is 0. The average Bonchev–Trinajstić information content (AvgIpc) is 2.83. The molecule has 1 aliphatic rings. The number of morpholine rings is 1. The standard InChI is InChI=1S/C25H28FN3O2/c26-22-9-7-21(8-10-22)25(29-12-14-30-15-13-29)18-27-17-20-4-3-6-24(16-20)31-19-23-5-1-2-11-28-23/h1-11,16,25,27H,12-15,17-19H2. The molecular weight excluding hydrogens is 393 g/mol. The molecule has 1 aromatic heterocycles. The molecule has 0 radical (unpaired) electrons. The van der Waals surface area contributed by atoms with E-state index in [0.717, 1.165) is 62.0 Å². The zero-order valence-electron chi connectivity index (χ0n) is 17.5. The van der Waals surface area contributed by atoms with Crippen LogP contribution >= 0.6 is 0 Å². The minimum absolute atomic E-state index is 0.174. The maximum atomic E-state index is 13.4. The van der Waals surface area contributed by atoms with Gasteiger partial charge in [-0.3, -0.25) is 9.88 Å². The Hall–Kier alpha value is -2.80. The number of benzene rings is 2. The fourth-order valence-electron chi connectivity index (χ4n) is 3.77. The first-order valence-corrected chi connectivity index (χ1v) is 10.7. The van der Waals surface area contributed by atoms with Crippen LogP contribution in [0.1, 0.15) is 22.9 Å². The maximum absolute atomic E-state index is 13.4. The maximum Gasteiger partial charge on any atom is 0.130 e. The Morgan fingerprint density at radius 2 is 1.87 bits per heavy atom. The lowest BCUT2D eigenvalue weighted by molar-refractivity contribution is 0.0161. The van der Waals surface area contributed by atoms with Gasteiger partial charge in [-0.25, -0.2) is 4.39 Å². The van der Waals surface area contributed by atoms with E-state index in [-0.39, 0.29) is 11.9 Å². The van der Waals surface area contributed by atoms with E-state index >= 15 is 0 Å². The number of rotatable bonds is 9. The zero-order valence-corrected chi connectivity index (χ0v) is 17.5. The van der Waals surface area contributed by atoms with Crippen LogP contribution < -0.4 is 10.1 Å². The van der Waals surface area contributed by atoms with E-state index in [1.54, 1.807) is 6.20 Å². The molecular formula is C25H28FN3O2. The highest BCUT2D eigenvalue weighted by Gasteiger charge is 2.22. The summed E-state index contributed by atoms with van der Waals surface area (Å²) in [5.41, 5.74) is 3.17. The van der Waals surface area contributed by atoms with Gasteiger partial charge in [0, 0.05) is 38.4 Å². The van der Waals surface area contributed by atoms with Crippen LogP contribution in [0.25, 0.3) is 0 Å². The Balaban J connectivity index is 1.35. The number of hydrogen-bond acceptors (Lipinski definition) is 5. The third-order valence-corrected chi connectivity index (χ3v) is 5.42. The van der Waals surface area contributed by atoms with Gasteiger partial charge in [0.1, 0.15) is 18.2 Å². The van der Waals surface area contributed by atoms with Crippen molar-refractivity contribution in [3.05, 3.63) is 95.6 Å². The van der Waals surface area contributed by atoms with Crippen molar-refractivity contribution in [3.8, 4) is 5.75 Å². The summed E-state index contributed by atoms with van der Waals surface area (Å²) in [5, 5.41) is 3.57.